The van der Waals surface area contributed by atoms with Gasteiger partial charge in [0.05, 0.1) is 11.5 Å². The van der Waals surface area contributed by atoms with Crippen LogP contribution in [0, 0.1) is 28.9 Å². The number of esters is 1. The molecular weight excluding hydrogens is 408 g/mol. The number of hydrogen-bond donors (Lipinski definition) is 1. The molecule has 0 unspecified atom stereocenters. The van der Waals surface area contributed by atoms with Crippen LogP contribution in [0.3, 0.4) is 0 Å². The summed E-state index contributed by atoms with van der Waals surface area (Å²) >= 11 is 0. The van der Waals surface area contributed by atoms with Crippen LogP contribution in [0.5, 0.6) is 0 Å². The van der Waals surface area contributed by atoms with Crippen molar-refractivity contribution in [3.05, 3.63) is 51.6 Å². The van der Waals surface area contributed by atoms with Crippen LogP contribution >= 0.6 is 0 Å². The number of sulfonamides is 1. The van der Waals surface area contributed by atoms with Crippen molar-refractivity contribution in [1.82, 2.24) is 4.72 Å². The number of ether oxygens (including phenoxy) is 1. The Kier molecular flexibility index (Phi) is 8.14. The van der Waals surface area contributed by atoms with Crippen molar-refractivity contribution < 1.29 is 22.9 Å². The molecule has 1 aliphatic carbocycles. The van der Waals surface area contributed by atoms with Crippen LogP contribution in [0.25, 0.3) is 0 Å². The number of aryl methyl sites for hydroxylation is 1. The zero-order valence-electron chi connectivity index (χ0n) is 17.8. The molecule has 0 spiro atoms. The van der Waals surface area contributed by atoms with Gasteiger partial charge in [-0.25, -0.2) is 17.9 Å². The Balaban J connectivity index is 2.33. The summed E-state index contributed by atoms with van der Waals surface area (Å²) in [5.74, 6) is -0.997. The van der Waals surface area contributed by atoms with Crippen LogP contribution in [-0.2, 0) is 19.6 Å². The summed E-state index contributed by atoms with van der Waals surface area (Å²) in [6.07, 6.45) is 2.25. The van der Waals surface area contributed by atoms with Crippen LogP contribution in [0.4, 0.5) is 0 Å². The topological polar surface area (TPSA) is 116 Å². The zero-order chi connectivity index (χ0) is 22.5. The van der Waals surface area contributed by atoms with Crippen molar-refractivity contribution in [1.29, 1.82) is 0 Å². The smallest absolute Gasteiger partial charge is 0.333 e. The van der Waals surface area contributed by atoms with Gasteiger partial charge < -0.3 is 4.74 Å². The van der Waals surface area contributed by atoms with Crippen molar-refractivity contribution in [2.45, 2.75) is 63.9 Å². The highest BCUT2D eigenvalue weighted by atomic mass is 32.2. The SMILES string of the molecule is CCOC(=O)C1=CC[C@@H]([C@H](CC(C)C)NS(=O)(=O)c2ccc(C)cc2)[C@@H]([N+](=O)[O-])C1. The lowest BCUT2D eigenvalue weighted by atomic mass is 9.78. The quantitative estimate of drug-likeness (QED) is 0.359. The van der Waals surface area contributed by atoms with Gasteiger partial charge in [-0.05, 0) is 44.7 Å². The third-order valence-electron chi connectivity index (χ3n) is 5.25. The van der Waals surface area contributed by atoms with Crippen LogP contribution < -0.4 is 4.72 Å². The Morgan fingerprint density at radius 2 is 1.93 bits per heavy atom. The van der Waals surface area contributed by atoms with Crippen molar-refractivity contribution >= 4 is 16.0 Å². The summed E-state index contributed by atoms with van der Waals surface area (Å²) in [7, 11) is -3.84. The number of carbonyl (C=O) groups excluding carboxylic acids is 1. The number of nitro groups is 1. The third-order valence-corrected chi connectivity index (χ3v) is 6.75. The first-order chi connectivity index (χ1) is 14.0. The van der Waals surface area contributed by atoms with E-state index in [9.17, 15) is 23.3 Å². The summed E-state index contributed by atoms with van der Waals surface area (Å²) in [5, 5.41) is 11.8. The predicted molar refractivity (Wildman–Crippen MR) is 113 cm³/mol. The minimum atomic E-state index is -3.84. The van der Waals surface area contributed by atoms with Gasteiger partial charge in [0.25, 0.3) is 0 Å². The fourth-order valence-corrected chi connectivity index (χ4v) is 5.05. The van der Waals surface area contributed by atoms with Crippen LogP contribution in [-0.4, -0.2) is 38.0 Å². The van der Waals surface area contributed by atoms with Crippen molar-refractivity contribution in [2.75, 3.05) is 6.61 Å². The minimum absolute atomic E-state index is 0.0721. The standard InChI is InChI=1S/C21H30N2O6S/c1-5-29-21(24)16-8-11-18(20(13-16)23(25)26)19(12-14(2)3)22-30(27,28)17-9-6-15(4)7-10-17/h6-10,14,18-20,22H,5,11-13H2,1-4H3/t18-,19-,20-/m0/s1. The first kappa shape index (κ1) is 24.0. The monoisotopic (exact) mass is 438 g/mol. The molecule has 0 saturated carbocycles. The number of nitrogens with one attached hydrogen (secondary N) is 1. The van der Waals surface area contributed by atoms with Gasteiger partial charge >= 0.3 is 5.97 Å². The van der Waals surface area contributed by atoms with Crippen molar-refractivity contribution in [3.63, 3.8) is 0 Å². The first-order valence-electron chi connectivity index (χ1n) is 10.1. The van der Waals surface area contributed by atoms with E-state index in [2.05, 4.69) is 4.72 Å². The maximum absolute atomic E-state index is 12.9. The number of nitrogens with zero attached hydrogens (tertiary/aromatic N) is 1. The highest BCUT2D eigenvalue weighted by molar-refractivity contribution is 7.89. The number of allylic oxidation sites excluding steroid dienone is 1. The van der Waals surface area contributed by atoms with E-state index in [-0.39, 0.29) is 35.8 Å². The molecule has 30 heavy (non-hydrogen) atoms. The summed E-state index contributed by atoms with van der Waals surface area (Å²) in [5.41, 5.74) is 1.21. The second-order valence-corrected chi connectivity index (χ2v) is 9.79. The van der Waals surface area contributed by atoms with Gasteiger partial charge in [-0.1, -0.05) is 37.6 Å². The first-order valence-corrected chi connectivity index (χ1v) is 11.6. The normalized spacial score (nSPS) is 20.5. The molecule has 3 atom stereocenters. The highest BCUT2D eigenvalue weighted by Gasteiger charge is 2.42. The number of rotatable bonds is 9. The molecule has 0 aromatic heterocycles. The van der Waals surface area contributed by atoms with Gasteiger partial charge in [0, 0.05) is 28.9 Å². The molecule has 1 N–H and O–H groups in total. The average Bonchev–Trinajstić information content (AvgIpc) is 2.67. The van der Waals surface area contributed by atoms with Crippen molar-refractivity contribution in [2.24, 2.45) is 11.8 Å². The second-order valence-electron chi connectivity index (χ2n) is 8.08. The molecule has 166 valence electrons. The summed E-state index contributed by atoms with van der Waals surface area (Å²) in [6, 6.07) is 4.76. The molecule has 1 aliphatic rings. The summed E-state index contributed by atoms with van der Waals surface area (Å²) in [6.45, 7) is 7.61. The number of hydrogen-bond acceptors (Lipinski definition) is 6. The van der Waals surface area contributed by atoms with E-state index in [1.54, 1.807) is 25.1 Å². The van der Waals surface area contributed by atoms with Crippen LogP contribution in [0.2, 0.25) is 0 Å². The Labute approximate surface area is 177 Å². The van der Waals surface area contributed by atoms with E-state index in [4.69, 9.17) is 4.74 Å². The maximum atomic E-state index is 12.9. The lowest BCUT2D eigenvalue weighted by molar-refractivity contribution is -0.533. The second kappa shape index (κ2) is 10.2. The lowest BCUT2D eigenvalue weighted by Crippen LogP contribution is -2.48. The van der Waals surface area contributed by atoms with E-state index in [0.29, 0.717) is 6.42 Å². The van der Waals surface area contributed by atoms with Gasteiger partial charge in [0.2, 0.25) is 16.1 Å². The Bertz CT molecular complexity index is 893. The summed E-state index contributed by atoms with van der Waals surface area (Å²) < 4.78 is 33.6. The zero-order valence-corrected chi connectivity index (χ0v) is 18.6. The molecule has 9 heteroatoms. The Hall–Kier alpha value is -2.26. The summed E-state index contributed by atoms with van der Waals surface area (Å²) in [4.78, 5) is 23.6. The molecule has 0 fully saturated rings. The maximum Gasteiger partial charge on any atom is 0.333 e. The van der Waals surface area contributed by atoms with Crippen molar-refractivity contribution in [3.8, 4) is 0 Å². The number of carbonyl (C=O) groups is 1. The molecule has 1 aromatic carbocycles. The molecule has 0 heterocycles. The van der Waals surface area contributed by atoms with E-state index in [0.717, 1.165) is 5.56 Å². The van der Waals surface area contributed by atoms with E-state index in [1.807, 2.05) is 20.8 Å². The Morgan fingerprint density at radius 3 is 2.47 bits per heavy atom. The van der Waals surface area contributed by atoms with Gasteiger partial charge in [0.15, 0.2) is 0 Å². The molecular formula is C21H30N2O6S. The fraction of sp³-hybridized carbons (Fsp3) is 0.571. The van der Waals surface area contributed by atoms with E-state index < -0.39 is 38.9 Å². The largest absolute Gasteiger partial charge is 0.463 e. The van der Waals surface area contributed by atoms with Gasteiger partial charge in [-0.15, -0.1) is 0 Å². The average molecular weight is 439 g/mol. The van der Waals surface area contributed by atoms with Gasteiger partial charge in [-0.3, -0.25) is 10.1 Å². The minimum Gasteiger partial charge on any atom is -0.463 e. The van der Waals surface area contributed by atoms with Crippen LogP contribution in [0.15, 0.2) is 40.8 Å². The number of benzene rings is 1. The highest BCUT2D eigenvalue weighted by Crippen LogP contribution is 2.32. The van der Waals surface area contributed by atoms with Gasteiger partial charge in [-0.2, -0.15) is 0 Å². The third kappa shape index (κ3) is 6.12. The molecule has 0 bridgehead atoms. The predicted octanol–water partition coefficient (Wildman–Crippen LogP) is 3.23. The molecule has 0 amide bonds. The lowest BCUT2D eigenvalue weighted by Gasteiger charge is -2.33. The molecule has 0 saturated heterocycles. The molecule has 1 aromatic rings. The van der Waals surface area contributed by atoms with E-state index in [1.165, 1.54) is 12.1 Å². The molecule has 0 radical (unpaired) electrons. The van der Waals surface area contributed by atoms with E-state index >= 15 is 0 Å². The molecule has 8 nitrogen and oxygen atoms in total. The molecule has 2 rings (SSSR count). The Morgan fingerprint density at radius 1 is 1.30 bits per heavy atom. The molecule has 0 aliphatic heterocycles. The fourth-order valence-electron chi connectivity index (χ4n) is 3.75. The van der Waals surface area contributed by atoms with Crippen LogP contribution in [0.1, 0.15) is 45.6 Å². The van der Waals surface area contributed by atoms with Gasteiger partial charge in [0.1, 0.15) is 0 Å².